The summed E-state index contributed by atoms with van der Waals surface area (Å²) in [6, 6.07) is 15.0. The van der Waals surface area contributed by atoms with Crippen LogP contribution in [0, 0.1) is 0 Å². The van der Waals surface area contributed by atoms with Gasteiger partial charge in [-0.05, 0) is 17.7 Å². The number of hydrogen-bond acceptors (Lipinski definition) is 5. The van der Waals surface area contributed by atoms with Gasteiger partial charge in [-0.2, -0.15) is 0 Å². The first kappa shape index (κ1) is 21.7. The Bertz CT molecular complexity index is 996. The van der Waals surface area contributed by atoms with Crippen LogP contribution >= 0.6 is 0 Å². The summed E-state index contributed by atoms with van der Waals surface area (Å²) >= 11 is 0. The van der Waals surface area contributed by atoms with Crippen molar-refractivity contribution in [2.75, 3.05) is 39.9 Å². The van der Waals surface area contributed by atoms with Gasteiger partial charge in [0.15, 0.2) is 0 Å². The maximum atomic E-state index is 13.6. The van der Waals surface area contributed by atoms with Crippen molar-refractivity contribution in [1.82, 2.24) is 14.7 Å². The predicted octanol–water partition coefficient (Wildman–Crippen LogP) is 1.21. The SMILES string of the molecule is COCC(=O)N1CCN(C(=O)C(Cc2ccccc2)N2C(=O)c3ccccc3C2=O)CC1. The van der Waals surface area contributed by atoms with E-state index in [2.05, 4.69) is 0 Å². The number of fused-ring (bicyclic) bond motifs is 1. The highest BCUT2D eigenvalue weighted by molar-refractivity contribution is 6.22. The molecule has 0 aromatic heterocycles. The highest BCUT2D eigenvalue weighted by atomic mass is 16.5. The van der Waals surface area contributed by atoms with E-state index in [0.29, 0.717) is 37.3 Å². The van der Waals surface area contributed by atoms with E-state index in [1.54, 1.807) is 34.1 Å². The number of ether oxygens (including phenoxy) is 1. The zero-order chi connectivity index (χ0) is 22.7. The van der Waals surface area contributed by atoms with E-state index in [-0.39, 0.29) is 24.8 Å². The van der Waals surface area contributed by atoms with Crippen LogP contribution in [-0.2, 0) is 20.7 Å². The molecule has 0 aliphatic carbocycles. The van der Waals surface area contributed by atoms with Crippen molar-refractivity contribution in [2.24, 2.45) is 0 Å². The molecule has 0 spiro atoms. The van der Waals surface area contributed by atoms with E-state index in [9.17, 15) is 19.2 Å². The molecule has 2 aromatic rings. The maximum absolute atomic E-state index is 13.6. The standard InChI is InChI=1S/C24H25N3O5/c1-32-16-21(28)25-11-13-26(14-12-25)24(31)20(15-17-7-3-2-4-8-17)27-22(29)18-9-5-6-10-19(18)23(27)30/h2-10,20H,11-16H2,1H3. The summed E-state index contributed by atoms with van der Waals surface area (Å²) < 4.78 is 4.90. The Morgan fingerprint density at radius 3 is 1.94 bits per heavy atom. The Hall–Kier alpha value is -3.52. The summed E-state index contributed by atoms with van der Waals surface area (Å²) in [5.74, 6) is -1.31. The molecule has 0 N–H and O–H groups in total. The first-order valence-electron chi connectivity index (χ1n) is 10.6. The van der Waals surface area contributed by atoms with E-state index in [0.717, 1.165) is 10.5 Å². The molecule has 1 atom stereocenters. The lowest BCUT2D eigenvalue weighted by Crippen LogP contribution is -2.57. The minimum atomic E-state index is -0.953. The lowest BCUT2D eigenvalue weighted by atomic mass is 10.0. The van der Waals surface area contributed by atoms with Crippen LogP contribution in [0.1, 0.15) is 26.3 Å². The number of piperazine rings is 1. The largest absolute Gasteiger partial charge is 0.375 e. The molecule has 0 bridgehead atoms. The van der Waals surface area contributed by atoms with Gasteiger partial charge in [-0.3, -0.25) is 24.1 Å². The van der Waals surface area contributed by atoms with Crippen LogP contribution in [0.3, 0.4) is 0 Å². The van der Waals surface area contributed by atoms with Gasteiger partial charge < -0.3 is 14.5 Å². The lowest BCUT2D eigenvalue weighted by Gasteiger charge is -2.37. The summed E-state index contributed by atoms with van der Waals surface area (Å²) in [6.07, 6.45) is 0.230. The van der Waals surface area contributed by atoms with Crippen LogP contribution in [-0.4, -0.2) is 84.3 Å². The molecule has 8 nitrogen and oxygen atoms in total. The number of nitrogens with zero attached hydrogens (tertiary/aromatic N) is 3. The van der Waals surface area contributed by atoms with Crippen LogP contribution in [0.15, 0.2) is 54.6 Å². The van der Waals surface area contributed by atoms with Crippen LogP contribution < -0.4 is 0 Å². The highest BCUT2D eigenvalue weighted by Gasteiger charge is 2.44. The number of imide groups is 1. The number of benzene rings is 2. The van der Waals surface area contributed by atoms with Gasteiger partial charge in [-0.15, -0.1) is 0 Å². The number of carbonyl (C=O) groups is 4. The van der Waals surface area contributed by atoms with Crippen molar-refractivity contribution in [2.45, 2.75) is 12.5 Å². The second kappa shape index (κ2) is 9.32. The van der Waals surface area contributed by atoms with E-state index in [1.165, 1.54) is 7.11 Å². The lowest BCUT2D eigenvalue weighted by molar-refractivity contribution is -0.143. The summed E-state index contributed by atoms with van der Waals surface area (Å²) in [7, 11) is 1.47. The molecule has 32 heavy (non-hydrogen) atoms. The third kappa shape index (κ3) is 4.13. The molecule has 4 amide bonds. The van der Waals surface area contributed by atoms with Crippen molar-refractivity contribution in [3.63, 3.8) is 0 Å². The van der Waals surface area contributed by atoms with Crippen LogP contribution in [0.4, 0.5) is 0 Å². The fourth-order valence-electron chi connectivity index (χ4n) is 4.22. The van der Waals surface area contributed by atoms with E-state index in [1.807, 2.05) is 30.3 Å². The van der Waals surface area contributed by atoms with Gasteiger partial charge in [0, 0.05) is 39.7 Å². The predicted molar refractivity (Wildman–Crippen MR) is 116 cm³/mol. The molecule has 0 radical (unpaired) electrons. The fourth-order valence-corrected chi connectivity index (χ4v) is 4.22. The third-order valence-electron chi connectivity index (χ3n) is 5.91. The normalized spacial score (nSPS) is 16.8. The fraction of sp³-hybridized carbons (Fsp3) is 0.333. The zero-order valence-electron chi connectivity index (χ0n) is 17.9. The van der Waals surface area contributed by atoms with Crippen molar-refractivity contribution in [1.29, 1.82) is 0 Å². The first-order chi connectivity index (χ1) is 15.5. The average molecular weight is 435 g/mol. The number of amides is 4. The molecule has 1 fully saturated rings. The first-order valence-corrected chi connectivity index (χ1v) is 10.6. The Kier molecular flexibility index (Phi) is 6.32. The summed E-state index contributed by atoms with van der Waals surface area (Å²) in [5.41, 5.74) is 1.49. The van der Waals surface area contributed by atoms with Crippen molar-refractivity contribution in [3.8, 4) is 0 Å². The summed E-state index contributed by atoms with van der Waals surface area (Å²) in [6.45, 7) is 1.44. The van der Waals surface area contributed by atoms with E-state index < -0.39 is 17.9 Å². The second-order valence-corrected chi connectivity index (χ2v) is 7.87. The molecular formula is C24H25N3O5. The highest BCUT2D eigenvalue weighted by Crippen LogP contribution is 2.27. The number of methoxy groups -OCH3 is 1. The third-order valence-corrected chi connectivity index (χ3v) is 5.91. The molecule has 1 unspecified atom stereocenters. The Labute approximate surface area is 186 Å². The molecule has 166 valence electrons. The number of carbonyl (C=O) groups excluding carboxylic acids is 4. The number of hydrogen-bond donors (Lipinski definition) is 0. The van der Waals surface area contributed by atoms with Gasteiger partial charge in [0.25, 0.3) is 11.8 Å². The van der Waals surface area contributed by atoms with Gasteiger partial charge in [-0.25, -0.2) is 0 Å². The minimum absolute atomic E-state index is 0.000378. The van der Waals surface area contributed by atoms with Crippen molar-refractivity contribution >= 4 is 23.6 Å². The van der Waals surface area contributed by atoms with Gasteiger partial charge in [-0.1, -0.05) is 42.5 Å². The van der Waals surface area contributed by atoms with Crippen LogP contribution in [0.25, 0.3) is 0 Å². The number of rotatable bonds is 6. The Morgan fingerprint density at radius 2 is 1.38 bits per heavy atom. The smallest absolute Gasteiger partial charge is 0.262 e. The molecule has 0 saturated carbocycles. The average Bonchev–Trinajstić information content (AvgIpc) is 3.08. The second-order valence-electron chi connectivity index (χ2n) is 7.87. The molecule has 2 aliphatic rings. The summed E-state index contributed by atoms with van der Waals surface area (Å²) in [4.78, 5) is 56.3. The monoisotopic (exact) mass is 435 g/mol. The van der Waals surface area contributed by atoms with Gasteiger partial charge in [0.1, 0.15) is 12.6 Å². The van der Waals surface area contributed by atoms with E-state index >= 15 is 0 Å². The molecule has 2 heterocycles. The molecule has 1 saturated heterocycles. The molecule has 4 rings (SSSR count). The Balaban J connectivity index is 1.57. The zero-order valence-corrected chi connectivity index (χ0v) is 17.9. The quantitative estimate of drug-likeness (QED) is 0.637. The van der Waals surface area contributed by atoms with Crippen molar-refractivity contribution < 1.29 is 23.9 Å². The van der Waals surface area contributed by atoms with E-state index in [4.69, 9.17) is 4.74 Å². The maximum Gasteiger partial charge on any atom is 0.262 e. The molecule has 2 aliphatic heterocycles. The van der Waals surface area contributed by atoms with Gasteiger partial charge in [0.05, 0.1) is 11.1 Å². The molecule has 2 aromatic carbocycles. The van der Waals surface area contributed by atoms with Crippen LogP contribution in [0.5, 0.6) is 0 Å². The molecular weight excluding hydrogens is 410 g/mol. The minimum Gasteiger partial charge on any atom is -0.375 e. The van der Waals surface area contributed by atoms with Gasteiger partial charge >= 0.3 is 0 Å². The molecule has 8 heteroatoms. The van der Waals surface area contributed by atoms with Gasteiger partial charge in [0.2, 0.25) is 11.8 Å². The summed E-state index contributed by atoms with van der Waals surface area (Å²) in [5, 5.41) is 0. The Morgan fingerprint density at radius 1 is 0.844 bits per heavy atom. The van der Waals surface area contributed by atoms with Crippen molar-refractivity contribution in [3.05, 3.63) is 71.3 Å². The topological polar surface area (TPSA) is 87.2 Å². The van der Waals surface area contributed by atoms with Crippen LogP contribution in [0.2, 0.25) is 0 Å².